The highest BCUT2D eigenvalue weighted by Gasteiger charge is 2.51. The van der Waals surface area contributed by atoms with Gasteiger partial charge in [-0.05, 0) is 68.6 Å². The van der Waals surface area contributed by atoms with Gasteiger partial charge in [0.25, 0.3) is 0 Å². The number of amides is 1. The fraction of sp³-hybridized carbons (Fsp3) is 0.875. The Bertz CT molecular complexity index is 383. The summed E-state index contributed by atoms with van der Waals surface area (Å²) in [7, 11) is 0. The summed E-state index contributed by atoms with van der Waals surface area (Å²) in [5.41, 5.74) is 0.0347. The predicted molar refractivity (Wildman–Crippen MR) is 72.5 cm³/mol. The summed E-state index contributed by atoms with van der Waals surface area (Å²) in [6.07, 6.45) is 7.76. The third kappa shape index (κ3) is 2.84. The lowest BCUT2D eigenvalue weighted by atomic mass is 9.53. The number of nitrogens with one attached hydrogen (secondary N) is 1. The first-order valence-corrected chi connectivity index (χ1v) is 7.95. The zero-order chi connectivity index (χ0) is 14.3. The number of hydrogen-bond acceptors (Lipinski definition) is 3. The number of carbonyl (C=O) groups excluding carboxylic acids is 2. The smallest absolute Gasteiger partial charge is 0.220 e. The van der Waals surface area contributed by atoms with E-state index in [1.807, 2.05) is 0 Å². The number of rotatable bonds is 5. The highest BCUT2D eigenvalue weighted by atomic mass is 16.4. The van der Waals surface area contributed by atoms with Crippen LogP contribution in [0, 0.1) is 23.7 Å². The van der Waals surface area contributed by atoms with Crippen molar-refractivity contribution in [1.82, 2.24) is 5.32 Å². The SMILES string of the molecule is C[C@@H](CC(=O)[O-])CC(=O)NC12CC3CC(CC(C3)C1)C2. The van der Waals surface area contributed by atoms with Crippen molar-refractivity contribution in [3.8, 4) is 0 Å². The molecular formula is C16H24NO3-. The molecule has 0 aromatic heterocycles. The molecule has 0 aromatic rings. The fourth-order valence-corrected chi connectivity index (χ4v) is 5.28. The van der Waals surface area contributed by atoms with Crippen molar-refractivity contribution in [1.29, 1.82) is 0 Å². The molecule has 1 N–H and O–H groups in total. The molecule has 4 aliphatic carbocycles. The van der Waals surface area contributed by atoms with Crippen LogP contribution in [0.5, 0.6) is 0 Å². The van der Waals surface area contributed by atoms with E-state index in [1.165, 1.54) is 19.3 Å². The van der Waals surface area contributed by atoms with Gasteiger partial charge in [0.1, 0.15) is 0 Å². The molecule has 0 heterocycles. The molecule has 112 valence electrons. The number of carbonyl (C=O) groups is 2. The van der Waals surface area contributed by atoms with Crippen LogP contribution in [0.25, 0.3) is 0 Å². The van der Waals surface area contributed by atoms with Crippen LogP contribution in [0.15, 0.2) is 0 Å². The Morgan fingerprint density at radius 1 is 1.10 bits per heavy atom. The maximum atomic E-state index is 12.2. The zero-order valence-corrected chi connectivity index (χ0v) is 12.2. The third-order valence-electron chi connectivity index (χ3n) is 5.49. The van der Waals surface area contributed by atoms with Crippen molar-refractivity contribution in [3.05, 3.63) is 0 Å². The van der Waals surface area contributed by atoms with Gasteiger partial charge in [-0.3, -0.25) is 4.79 Å². The molecule has 4 heteroatoms. The highest BCUT2D eigenvalue weighted by molar-refractivity contribution is 5.78. The van der Waals surface area contributed by atoms with Crippen LogP contribution >= 0.6 is 0 Å². The standard InChI is InChI=1S/C16H25NO3/c1-10(3-15(19)20)2-14(18)17-16-7-11-4-12(8-16)6-13(5-11)9-16/h10-13H,2-9H2,1H3,(H,17,18)(H,19,20)/p-1/t10-,11?,12?,13?,16?/m1/s1. The number of aliphatic carboxylic acids is 1. The molecule has 0 unspecified atom stereocenters. The van der Waals surface area contributed by atoms with Crippen molar-refractivity contribution in [2.45, 2.75) is 63.8 Å². The molecule has 0 aromatic carbocycles. The van der Waals surface area contributed by atoms with Gasteiger partial charge in [0.05, 0.1) is 0 Å². The Balaban J connectivity index is 1.57. The van der Waals surface area contributed by atoms with Gasteiger partial charge in [0.2, 0.25) is 5.91 Å². The van der Waals surface area contributed by atoms with Crippen LogP contribution < -0.4 is 10.4 Å². The van der Waals surface area contributed by atoms with E-state index in [4.69, 9.17) is 0 Å². The van der Waals surface area contributed by atoms with Crippen LogP contribution in [-0.4, -0.2) is 17.4 Å². The van der Waals surface area contributed by atoms with Gasteiger partial charge in [-0.15, -0.1) is 0 Å². The Morgan fingerprint density at radius 2 is 1.60 bits per heavy atom. The van der Waals surface area contributed by atoms with Crippen LogP contribution in [0.1, 0.15) is 58.3 Å². The molecule has 1 atom stereocenters. The summed E-state index contributed by atoms with van der Waals surface area (Å²) in [6, 6.07) is 0. The van der Waals surface area contributed by atoms with Crippen molar-refractivity contribution in [2.75, 3.05) is 0 Å². The summed E-state index contributed by atoms with van der Waals surface area (Å²) in [6.45, 7) is 1.80. The molecule has 0 aliphatic heterocycles. The molecule has 0 radical (unpaired) electrons. The normalized spacial score (nSPS) is 39.5. The Morgan fingerprint density at radius 3 is 2.05 bits per heavy atom. The summed E-state index contributed by atoms with van der Waals surface area (Å²) >= 11 is 0. The van der Waals surface area contributed by atoms with Gasteiger partial charge in [-0.1, -0.05) is 6.92 Å². The van der Waals surface area contributed by atoms with Gasteiger partial charge in [0.15, 0.2) is 0 Å². The van der Waals surface area contributed by atoms with Crippen molar-refractivity contribution < 1.29 is 14.7 Å². The van der Waals surface area contributed by atoms with Gasteiger partial charge in [-0.25, -0.2) is 0 Å². The molecule has 0 saturated heterocycles. The lowest BCUT2D eigenvalue weighted by molar-refractivity contribution is -0.306. The van der Waals surface area contributed by atoms with Crippen LogP contribution in [0.3, 0.4) is 0 Å². The van der Waals surface area contributed by atoms with Gasteiger partial charge in [-0.2, -0.15) is 0 Å². The minimum Gasteiger partial charge on any atom is -0.550 e. The highest BCUT2D eigenvalue weighted by Crippen LogP contribution is 2.55. The van der Waals surface area contributed by atoms with E-state index in [9.17, 15) is 14.7 Å². The van der Waals surface area contributed by atoms with Crippen molar-refractivity contribution >= 4 is 11.9 Å². The van der Waals surface area contributed by atoms with Gasteiger partial charge in [0, 0.05) is 17.9 Å². The topological polar surface area (TPSA) is 69.2 Å². The second-order valence-corrected chi connectivity index (χ2v) is 7.63. The second kappa shape index (κ2) is 5.05. The fourth-order valence-electron chi connectivity index (χ4n) is 5.28. The first-order valence-electron chi connectivity index (χ1n) is 7.95. The van der Waals surface area contributed by atoms with E-state index >= 15 is 0 Å². The minimum absolute atomic E-state index is 0.0284. The minimum atomic E-state index is -1.07. The van der Waals surface area contributed by atoms with E-state index < -0.39 is 5.97 Å². The second-order valence-electron chi connectivity index (χ2n) is 7.63. The van der Waals surface area contributed by atoms with Crippen LogP contribution in [0.2, 0.25) is 0 Å². The van der Waals surface area contributed by atoms with Crippen molar-refractivity contribution in [3.63, 3.8) is 0 Å². The largest absolute Gasteiger partial charge is 0.550 e. The Kier molecular flexibility index (Phi) is 3.51. The quantitative estimate of drug-likeness (QED) is 0.822. The van der Waals surface area contributed by atoms with Crippen LogP contribution in [-0.2, 0) is 9.59 Å². The first kappa shape index (κ1) is 13.9. The number of carboxylic acid groups (broad SMARTS) is 1. The van der Waals surface area contributed by atoms with E-state index in [-0.39, 0.29) is 23.8 Å². The van der Waals surface area contributed by atoms with E-state index in [0.29, 0.717) is 6.42 Å². The van der Waals surface area contributed by atoms with Gasteiger partial charge >= 0.3 is 0 Å². The predicted octanol–water partition coefficient (Wildman–Crippen LogP) is 1.24. The molecule has 4 aliphatic rings. The van der Waals surface area contributed by atoms with E-state index in [1.54, 1.807) is 6.92 Å². The first-order chi connectivity index (χ1) is 9.44. The summed E-state index contributed by atoms with van der Waals surface area (Å²) in [5, 5.41) is 13.8. The molecule has 20 heavy (non-hydrogen) atoms. The Hall–Kier alpha value is -1.06. The molecule has 1 amide bonds. The maximum Gasteiger partial charge on any atom is 0.220 e. The lowest BCUT2D eigenvalue weighted by Crippen LogP contribution is -2.60. The van der Waals surface area contributed by atoms with E-state index in [0.717, 1.165) is 37.0 Å². The zero-order valence-electron chi connectivity index (χ0n) is 12.2. The van der Waals surface area contributed by atoms with Crippen molar-refractivity contribution in [2.24, 2.45) is 23.7 Å². The molecular weight excluding hydrogens is 254 g/mol. The van der Waals surface area contributed by atoms with E-state index in [2.05, 4.69) is 5.32 Å². The average molecular weight is 278 g/mol. The lowest BCUT2D eigenvalue weighted by Gasteiger charge is -2.57. The Labute approximate surface area is 120 Å². The molecule has 0 spiro atoms. The maximum absolute atomic E-state index is 12.2. The number of hydrogen-bond donors (Lipinski definition) is 1. The molecule has 4 bridgehead atoms. The third-order valence-corrected chi connectivity index (χ3v) is 5.49. The number of carboxylic acids is 1. The summed E-state index contributed by atoms with van der Waals surface area (Å²) in [5.74, 6) is 1.24. The molecule has 4 fully saturated rings. The monoisotopic (exact) mass is 278 g/mol. The average Bonchev–Trinajstić information content (AvgIpc) is 2.23. The molecule has 4 nitrogen and oxygen atoms in total. The van der Waals surface area contributed by atoms with Crippen LogP contribution in [0.4, 0.5) is 0 Å². The summed E-state index contributed by atoms with van der Waals surface area (Å²) in [4.78, 5) is 22.8. The van der Waals surface area contributed by atoms with Gasteiger partial charge < -0.3 is 15.2 Å². The molecule has 4 saturated carbocycles. The summed E-state index contributed by atoms with van der Waals surface area (Å²) < 4.78 is 0. The molecule has 4 rings (SSSR count).